The van der Waals surface area contributed by atoms with Crippen LogP contribution in [0.1, 0.15) is 33.1 Å². The van der Waals surface area contributed by atoms with Crippen molar-refractivity contribution in [3.63, 3.8) is 0 Å². The van der Waals surface area contributed by atoms with Gasteiger partial charge in [-0.05, 0) is 85.1 Å². The van der Waals surface area contributed by atoms with Crippen LogP contribution in [0.5, 0.6) is 28.7 Å². The third-order valence-corrected chi connectivity index (χ3v) is 5.97. The first-order chi connectivity index (χ1) is 15.5. The van der Waals surface area contributed by atoms with Gasteiger partial charge in [0.15, 0.2) is 23.0 Å². The summed E-state index contributed by atoms with van der Waals surface area (Å²) in [5.74, 6) is 2.54. The van der Waals surface area contributed by atoms with Gasteiger partial charge in [-0.2, -0.15) is 0 Å². The van der Waals surface area contributed by atoms with Crippen molar-refractivity contribution in [1.29, 1.82) is 0 Å². The van der Waals surface area contributed by atoms with Crippen LogP contribution in [0.4, 0.5) is 0 Å². The van der Waals surface area contributed by atoms with E-state index in [4.69, 9.17) is 14.2 Å². The van der Waals surface area contributed by atoms with E-state index in [9.17, 15) is 9.90 Å². The van der Waals surface area contributed by atoms with E-state index in [2.05, 4.69) is 11.9 Å². The molecule has 0 bridgehead atoms. The predicted octanol–water partition coefficient (Wildman–Crippen LogP) is 4.79. The molecule has 3 aromatic rings. The van der Waals surface area contributed by atoms with Crippen LogP contribution in [0.15, 0.2) is 54.6 Å². The molecule has 1 aliphatic heterocycles. The molecule has 32 heavy (non-hydrogen) atoms. The Morgan fingerprint density at radius 3 is 2.44 bits per heavy atom. The highest BCUT2D eigenvalue weighted by Gasteiger charge is 2.27. The number of hydrogen-bond donors (Lipinski definition) is 1. The number of hydrogen-bond acceptors (Lipinski definition) is 6. The van der Waals surface area contributed by atoms with E-state index in [1.165, 1.54) is 5.56 Å². The Kier molecular flexibility index (Phi) is 6.32. The predicted molar refractivity (Wildman–Crippen MR) is 122 cm³/mol. The van der Waals surface area contributed by atoms with Gasteiger partial charge in [0.05, 0.1) is 14.2 Å². The highest BCUT2D eigenvalue weighted by molar-refractivity contribution is 5.74. The van der Waals surface area contributed by atoms with Crippen LogP contribution in [0.25, 0.3) is 0 Å². The Balaban J connectivity index is 1.62. The first kappa shape index (κ1) is 21.7. The van der Waals surface area contributed by atoms with E-state index in [0.717, 1.165) is 36.8 Å². The van der Waals surface area contributed by atoms with Crippen molar-refractivity contribution in [1.82, 2.24) is 4.90 Å². The van der Waals surface area contributed by atoms with Crippen LogP contribution in [-0.2, 0) is 12.8 Å². The molecule has 3 aromatic carbocycles. The summed E-state index contributed by atoms with van der Waals surface area (Å²) in [5, 5.41) is 10.3. The lowest BCUT2D eigenvalue weighted by Crippen LogP contribution is -2.33. The van der Waals surface area contributed by atoms with Crippen molar-refractivity contribution in [2.75, 3.05) is 27.8 Å². The molecule has 6 nitrogen and oxygen atoms in total. The quantitative estimate of drug-likeness (QED) is 0.541. The second-order valence-electron chi connectivity index (χ2n) is 7.95. The average molecular weight is 434 g/mol. The van der Waals surface area contributed by atoms with Gasteiger partial charge in [0, 0.05) is 18.2 Å². The maximum atomic E-state index is 10.9. The molecule has 0 amide bonds. The minimum Gasteiger partial charge on any atom is -0.504 e. The fourth-order valence-electron chi connectivity index (χ4n) is 4.17. The van der Waals surface area contributed by atoms with Gasteiger partial charge in [-0.1, -0.05) is 6.07 Å². The minimum atomic E-state index is 0.115. The largest absolute Gasteiger partial charge is 0.504 e. The number of likely N-dealkylation sites (N-methyl/N-ethyl adjacent to an activating group) is 1. The number of phenolic OH excluding ortho intramolecular Hbond substituents is 1. The number of carbonyl (C=O) groups excluding carboxylic acids is 1. The van der Waals surface area contributed by atoms with Gasteiger partial charge < -0.3 is 19.3 Å². The van der Waals surface area contributed by atoms with Crippen molar-refractivity contribution in [2.45, 2.75) is 18.9 Å². The van der Waals surface area contributed by atoms with Gasteiger partial charge in [0.25, 0.3) is 0 Å². The second-order valence-corrected chi connectivity index (χ2v) is 7.95. The summed E-state index contributed by atoms with van der Waals surface area (Å²) in [5.41, 5.74) is 3.99. The summed E-state index contributed by atoms with van der Waals surface area (Å²) >= 11 is 0. The zero-order valence-electron chi connectivity index (χ0n) is 18.5. The number of phenols is 1. The second kappa shape index (κ2) is 9.32. The molecule has 0 aliphatic carbocycles. The normalized spacial score (nSPS) is 15.7. The van der Waals surface area contributed by atoms with Crippen LogP contribution >= 0.6 is 0 Å². The molecule has 1 heterocycles. The molecule has 6 heteroatoms. The fraction of sp³-hybridized carbons (Fsp3) is 0.269. The molecular weight excluding hydrogens is 406 g/mol. The van der Waals surface area contributed by atoms with Gasteiger partial charge in [-0.3, -0.25) is 9.69 Å². The molecule has 0 fully saturated rings. The molecule has 0 spiro atoms. The first-order valence-electron chi connectivity index (χ1n) is 10.5. The first-order valence-corrected chi connectivity index (χ1v) is 10.5. The molecule has 4 rings (SSSR count). The van der Waals surface area contributed by atoms with Crippen molar-refractivity contribution in [3.8, 4) is 28.7 Å². The molecule has 0 unspecified atom stereocenters. The summed E-state index contributed by atoms with van der Waals surface area (Å²) in [7, 11) is 5.28. The summed E-state index contributed by atoms with van der Waals surface area (Å²) in [4.78, 5) is 13.2. The van der Waals surface area contributed by atoms with Crippen molar-refractivity contribution >= 4 is 6.29 Å². The maximum Gasteiger partial charge on any atom is 0.169 e. The van der Waals surface area contributed by atoms with E-state index < -0.39 is 0 Å². The van der Waals surface area contributed by atoms with E-state index in [-0.39, 0.29) is 11.8 Å². The molecule has 1 aliphatic rings. The minimum absolute atomic E-state index is 0.115. The van der Waals surface area contributed by atoms with E-state index in [1.54, 1.807) is 38.5 Å². The number of benzene rings is 3. The number of fused-ring (bicyclic) bond motifs is 1. The third-order valence-electron chi connectivity index (χ3n) is 5.97. The molecular formula is C26H27NO5. The van der Waals surface area contributed by atoms with Gasteiger partial charge in [0.2, 0.25) is 0 Å². The average Bonchev–Trinajstić information content (AvgIpc) is 2.81. The number of aldehydes is 1. The fourth-order valence-corrected chi connectivity index (χ4v) is 4.17. The SMILES string of the molecule is COc1cc2c(cc1O)[C@H](Cc1ccc(OC)c(Oc3ccc(C=O)cc3)c1)N(C)CC2. The highest BCUT2D eigenvalue weighted by Crippen LogP contribution is 2.40. The Labute approximate surface area is 188 Å². The molecule has 0 aromatic heterocycles. The standard InChI is InChI=1S/C26H27NO5/c1-27-11-10-19-14-25(31-3)23(29)15-21(19)22(27)12-18-6-9-24(30-2)26(13-18)32-20-7-4-17(16-28)5-8-20/h4-9,13-16,22,29H,10-12H2,1-3H3/t22-/m0/s1. The van der Waals surface area contributed by atoms with Gasteiger partial charge >= 0.3 is 0 Å². The highest BCUT2D eigenvalue weighted by atomic mass is 16.5. The Hall–Kier alpha value is -3.51. The lowest BCUT2D eigenvalue weighted by atomic mass is 9.88. The monoisotopic (exact) mass is 433 g/mol. The number of rotatable bonds is 7. The number of methoxy groups -OCH3 is 2. The van der Waals surface area contributed by atoms with Gasteiger partial charge in [0.1, 0.15) is 12.0 Å². The molecule has 166 valence electrons. The molecule has 1 N–H and O–H groups in total. The molecule has 0 saturated carbocycles. The molecule has 0 radical (unpaired) electrons. The van der Waals surface area contributed by atoms with Crippen molar-refractivity contribution in [3.05, 3.63) is 76.9 Å². The molecule has 0 saturated heterocycles. The van der Waals surface area contributed by atoms with E-state index in [0.29, 0.717) is 28.6 Å². The summed E-state index contributed by atoms with van der Waals surface area (Å²) in [6, 6.07) is 16.8. The van der Waals surface area contributed by atoms with E-state index in [1.807, 2.05) is 30.3 Å². The Morgan fingerprint density at radius 1 is 1.00 bits per heavy atom. The van der Waals surface area contributed by atoms with E-state index >= 15 is 0 Å². The van der Waals surface area contributed by atoms with Crippen LogP contribution < -0.4 is 14.2 Å². The van der Waals surface area contributed by atoms with Crippen LogP contribution in [0.3, 0.4) is 0 Å². The third kappa shape index (κ3) is 4.41. The lowest BCUT2D eigenvalue weighted by molar-refractivity contribution is 0.112. The van der Waals surface area contributed by atoms with Gasteiger partial charge in [-0.15, -0.1) is 0 Å². The molecule has 1 atom stereocenters. The Bertz CT molecular complexity index is 1110. The summed E-state index contributed by atoms with van der Waals surface area (Å²) < 4.78 is 16.8. The lowest BCUT2D eigenvalue weighted by Gasteiger charge is -2.35. The van der Waals surface area contributed by atoms with Crippen LogP contribution in [-0.4, -0.2) is 44.1 Å². The number of nitrogens with zero attached hydrogens (tertiary/aromatic N) is 1. The zero-order chi connectivity index (χ0) is 22.7. The van der Waals surface area contributed by atoms with Gasteiger partial charge in [-0.25, -0.2) is 0 Å². The summed E-state index contributed by atoms with van der Waals surface area (Å²) in [6.07, 6.45) is 2.46. The van der Waals surface area contributed by atoms with Crippen LogP contribution in [0.2, 0.25) is 0 Å². The van der Waals surface area contributed by atoms with Crippen molar-refractivity contribution in [2.24, 2.45) is 0 Å². The number of ether oxygens (including phenoxy) is 3. The van der Waals surface area contributed by atoms with Crippen molar-refractivity contribution < 1.29 is 24.1 Å². The van der Waals surface area contributed by atoms with Crippen LogP contribution in [0, 0.1) is 0 Å². The number of aromatic hydroxyl groups is 1. The zero-order valence-corrected chi connectivity index (χ0v) is 18.5. The summed E-state index contributed by atoms with van der Waals surface area (Å²) in [6.45, 7) is 0.925. The topological polar surface area (TPSA) is 68.2 Å². The maximum absolute atomic E-state index is 10.9. The smallest absolute Gasteiger partial charge is 0.169 e. The number of carbonyl (C=O) groups is 1. The Morgan fingerprint density at radius 2 is 1.75 bits per heavy atom.